The molecule has 0 aromatic heterocycles. The number of fused-ring (bicyclic) bond motifs is 1. The van der Waals surface area contributed by atoms with Crippen LogP contribution in [0.1, 0.15) is 31.9 Å². The number of imide groups is 1. The highest BCUT2D eigenvalue weighted by Crippen LogP contribution is 2.29. The Morgan fingerprint density at radius 3 is 2.71 bits per heavy atom. The standard InChI is InChI=1S/C20H25N3O5/c1-20(2,3)28-19(27)22-8-7-13-5-4-6-15(14(13)12-22)21-16-11-17(25)23(9-10-24)18(16)26/h4-6,11,21,24H,7-10,12H2,1-3H3. The van der Waals surface area contributed by atoms with Crippen molar-refractivity contribution in [1.82, 2.24) is 9.80 Å². The number of β-amino-alcohol motifs (C(OH)–C–C–N with tert-alkyl or cyclic N) is 1. The molecule has 0 saturated carbocycles. The Morgan fingerprint density at radius 1 is 1.29 bits per heavy atom. The van der Waals surface area contributed by atoms with Crippen molar-refractivity contribution >= 4 is 23.6 Å². The average molecular weight is 387 g/mol. The molecule has 2 N–H and O–H groups in total. The van der Waals surface area contributed by atoms with E-state index in [1.54, 1.807) is 4.90 Å². The molecule has 2 aliphatic rings. The summed E-state index contributed by atoms with van der Waals surface area (Å²) in [6.45, 7) is 6.04. The number of amides is 3. The molecule has 8 nitrogen and oxygen atoms in total. The molecule has 2 heterocycles. The van der Waals surface area contributed by atoms with Crippen LogP contribution in [0.4, 0.5) is 10.5 Å². The lowest BCUT2D eigenvalue weighted by atomic mass is 9.98. The lowest BCUT2D eigenvalue weighted by molar-refractivity contribution is -0.137. The summed E-state index contributed by atoms with van der Waals surface area (Å²) in [5, 5.41) is 12.1. The smallest absolute Gasteiger partial charge is 0.410 e. The van der Waals surface area contributed by atoms with E-state index in [0.29, 0.717) is 25.2 Å². The van der Waals surface area contributed by atoms with Crippen molar-refractivity contribution in [2.24, 2.45) is 0 Å². The number of nitrogens with one attached hydrogen (secondary N) is 1. The molecule has 3 rings (SSSR count). The summed E-state index contributed by atoms with van der Waals surface area (Å²) >= 11 is 0. The predicted molar refractivity (Wildman–Crippen MR) is 102 cm³/mol. The topological polar surface area (TPSA) is 99.2 Å². The van der Waals surface area contributed by atoms with Gasteiger partial charge in [-0.2, -0.15) is 0 Å². The Hall–Kier alpha value is -2.87. The highest BCUT2D eigenvalue weighted by Gasteiger charge is 2.32. The number of aliphatic hydroxyl groups is 1. The van der Waals surface area contributed by atoms with Gasteiger partial charge in [0.05, 0.1) is 19.7 Å². The van der Waals surface area contributed by atoms with Crippen molar-refractivity contribution in [1.29, 1.82) is 0 Å². The lowest BCUT2D eigenvalue weighted by Crippen LogP contribution is -2.40. The minimum absolute atomic E-state index is 0.0430. The van der Waals surface area contributed by atoms with Crippen LogP contribution < -0.4 is 5.32 Å². The molecular formula is C20H25N3O5. The van der Waals surface area contributed by atoms with Crippen LogP contribution in [0.15, 0.2) is 30.0 Å². The molecule has 0 bridgehead atoms. The Balaban J connectivity index is 1.79. The van der Waals surface area contributed by atoms with Crippen LogP contribution in [0.3, 0.4) is 0 Å². The molecule has 8 heteroatoms. The monoisotopic (exact) mass is 387 g/mol. The SMILES string of the molecule is CC(C)(C)OC(=O)N1CCc2cccc(NC3=CC(=O)N(CCO)C3=O)c2C1. The molecular weight excluding hydrogens is 362 g/mol. The van der Waals surface area contributed by atoms with E-state index in [-0.39, 0.29) is 24.9 Å². The van der Waals surface area contributed by atoms with Crippen LogP contribution in [-0.2, 0) is 27.3 Å². The molecule has 0 fully saturated rings. The fraction of sp³-hybridized carbons (Fsp3) is 0.450. The number of benzene rings is 1. The molecule has 28 heavy (non-hydrogen) atoms. The lowest BCUT2D eigenvalue weighted by Gasteiger charge is -2.32. The fourth-order valence-electron chi connectivity index (χ4n) is 3.24. The van der Waals surface area contributed by atoms with Crippen molar-refractivity contribution in [3.8, 4) is 0 Å². The summed E-state index contributed by atoms with van der Waals surface area (Å²) in [7, 11) is 0. The molecule has 1 aromatic rings. The van der Waals surface area contributed by atoms with E-state index in [0.717, 1.165) is 16.0 Å². The molecule has 0 aliphatic carbocycles. The van der Waals surface area contributed by atoms with Gasteiger partial charge in [0.25, 0.3) is 11.8 Å². The maximum atomic E-state index is 12.4. The number of nitrogens with zero attached hydrogens (tertiary/aromatic N) is 2. The molecule has 150 valence electrons. The Morgan fingerprint density at radius 2 is 2.04 bits per heavy atom. The zero-order valence-corrected chi connectivity index (χ0v) is 16.3. The quantitative estimate of drug-likeness (QED) is 0.762. The number of ether oxygens (including phenoxy) is 1. The molecule has 0 radical (unpaired) electrons. The van der Waals surface area contributed by atoms with Crippen LogP contribution >= 0.6 is 0 Å². The summed E-state index contributed by atoms with van der Waals surface area (Å²) in [5.74, 6) is -0.932. The van der Waals surface area contributed by atoms with E-state index < -0.39 is 17.4 Å². The van der Waals surface area contributed by atoms with Gasteiger partial charge in [0, 0.05) is 18.3 Å². The summed E-state index contributed by atoms with van der Waals surface area (Å²) in [6.07, 6.45) is 1.52. The molecule has 2 aliphatic heterocycles. The number of aliphatic hydroxyl groups excluding tert-OH is 1. The first-order valence-corrected chi connectivity index (χ1v) is 9.23. The van der Waals surface area contributed by atoms with E-state index >= 15 is 0 Å². The van der Waals surface area contributed by atoms with Crippen molar-refractivity contribution in [2.75, 3.05) is 25.0 Å². The largest absolute Gasteiger partial charge is 0.444 e. The van der Waals surface area contributed by atoms with Gasteiger partial charge >= 0.3 is 6.09 Å². The van der Waals surface area contributed by atoms with Crippen molar-refractivity contribution in [3.63, 3.8) is 0 Å². The van der Waals surface area contributed by atoms with Crippen molar-refractivity contribution in [2.45, 2.75) is 39.3 Å². The van der Waals surface area contributed by atoms with Gasteiger partial charge in [-0.3, -0.25) is 14.5 Å². The number of carbonyl (C=O) groups excluding carboxylic acids is 3. The van der Waals surface area contributed by atoms with E-state index in [4.69, 9.17) is 9.84 Å². The van der Waals surface area contributed by atoms with Gasteiger partial charge in [-0.1, -0.05) is 12.1 Å². The predicted octanol–water partition coefficient (Wildman–Crippen LogP) is 1.64. The van der Waals surface area contributed by atoms with Gasteiger partial charge < -0.3 is 20.1 Å². The van der Waals surface area contributed by atoms with Gasteiger partial charge in [0.15, 0.2) is 0 Å². The zero-order chi connectivity index (χ0) is 20.5. The molecule has 1 aromatic carbocycles. The Labute approximate surface area is 163 Å². The first-order chi connectivity index (χ1) is 13.2. The van der Waals surface area contributed by atoms with Crippen molar-refractivity contribution in [3.05, 3.63) is 41.1 Å². The summed E-state index contributed by atoms with van der Waals surface area (Å²) in [6, 6.07) is 5.67. The third-order valence-electron chi connectivity index (χ3n) is 4.53. The normalized spacial score (nSPS) is 16.8. The second-order valence-corrected chi connectivity index (χ2v) is 7.80. The molecule has 0 spiro atoms. The maximum Gasteiger partial charge on any atom is 0.410 e. The highest BCUT2D eigenvalue weighted by molar-refractivity contribution is 6.17. The van der Waals surface area contributed by atoms with E-state index in [1.807, 2.05) is 39.0 Å². The second-order valence-electron chi connectivity index (χ2n) is 7.80. The Kier molecular flexibility index (Phi) is 5.42. The van der Waals surface area contributed by atoms with Crippen LogP contribution in [0.5, 0.6) is 0 Å². The number of hydrogen-bond donors (Lipinski definition) is 2. The van der Waals surface area contributed by atoms with Crippen LogP contribution in [0.25, 0.3) is 0 Å². The molecule has 0 atom stereocenters. The zero-order valence-electron chi connectivity index (χ0n) is 16.3. The van der Waals surface area contributed by atoms with Gasteiger partial charge in [-0.05, 0) is 44.4 Å². The summed E-state index contributed by atoms with van der Waals surface area (Å²) in [4.78, 5) is 39.4. The first kappa shape index (κ1) is 19.9. The van der Waals surface area contributed by atoms with Gasteiger partial charge in [-0.15, -0.1) is 0 Å². The van der Waals surface area contributed by atoms with Crippen molar-refractivity contribution < 1.29 is 24.2 Å². The number of anilines is 1. The third-order valence-corrected chi connectivity index (χ3v) is 4.53. The van der Waals surface area contributed by atoms with Gasteiger partial charge in [0.2, 0.25) is 0 Å². The van der Waals surface area contributed by atoms with E-state index in [9.17, 15) is 14.4 Å². The number of hydrogen-bond acceptors (Lipinski definition) is 6. The highest BCUT2D eigenvalue weighted by atomic mass is 16.6. The molecule has 0 saturated heterocycles. The average Bonchev–Trinajstić information content (AvgIpc) is 2.88. The summed E-state index contributed by atoms with van der Waals surface area (Å²) < 4.78 is 5.46. The number of carbonyl (C=O) groups is 3. The Bertz CT molecular complexity index is 841. The molecule has 0 unspecified atom stereocenters. The van der Waals surface area contributed by atoms with Crippen LogP contribution in [0, 0.1) is 0 Å². The second kappa shape index (κ2) is 7.63. The van der Waals surface area contributed by atoms with Gasteiger partial charge in [-0.25, -0.2) is 4.79 Å². The molecule has 3 amide bonds. The first-order valence-electron chi connectivity index (χ1n) is 9.23. The minimum atomic E-state index is -0.577. The minimum Gasteiger partial charge on any atom is -0.444 e. The summed E-state index contributed by atoms with van der Waals surface area (Å²) in [5.41, 5.74) is 2.22. The van der Waals surface area contributed by atoms with Gasteiger partial charge in [0.1, 0.15) is 11.3 Å². The third kappa shape index (κ3) is 4.17. The van der Waals surface area contributed by atoms with Crippen LogP contribution in [-0.4, -0.2) is 58.1 Å². The number of rotatable bonds is 4. The maximum absolute atomic E-state index is 12.4. The van der Waals surface area contributed by atoms with E-state index in [2.05, 4.69) is 5.32 Å². The fourth-order valence-corrected chi connectivity index (χ4v) is 3.24. The van der Waals surface area contributed by atoms with Crippen LogP contribution in [0.2, 0.25) is 0 Å². The van der Waals surface area contributed by atoms with E-state index in [1.165, 1.54) is 6.08 Å².